The standard InChI is InChI=1S/C14H18ClN3O2/c1-11(12-2-4-13(15)5-3-12)16-17-14(19)10-18-6-8-20-9-7-18/h2-5H,6-10H2,1H3,(H,17,19)/p+1/b16-11-. The van der Waals surface area contributed by atoms with Crippen LogP contribution in [0.5, 0.6) is 0 Å². The van der Waals surface area contributed by atoms with Crippen molar-refractivity contribution in [3.05, 3.63) is 34.9 Å². The molecule has 1 aliphatic heterocycles. The molecule has 2 N–H and O–H groups in total. The first-order valence-electron chi connectivity index (χ1n) is 6.65. The molecule has 0 radical (unpaired) electrons. The largest absolute Gasteiger partial charge is 0.370 e. The van der Waals surface area contributed by atoms with Crippen LogP contribution in [0.15, 0.2) is 29.4 Å². The third kappa shape index (κ3) is 4.59. The van der Waals surface area contributed by atoms with Gasteiger partial charge in [0.2, 0.25) is 0 Å². The van der Waals surface area contributed by atoms with Crippen molar-refractivity contribution in [3.8, 4) is 0 Å². The van der Waals surface area contributed by atoms with Crippen LogP contribution in [0.1, 0.15) is 12.5 Å². The summed E-state index contributed by atoms with van der Waals surface area (Å²) in [5.41, 5.74) is 4.29. The lowest BCUT2D eigenvalue weighted by Gasteiger charge is -2.22. The summed E-state index contributed by atoms with van der Waals surface area (Å²) in [5.74, 6) is -0.0739. The molecular formula is C14H19ClN3O2+. The second-order valence-corrected chi connectivity index (χ2v) is 5.21. The molecule has 1 aromatic carbocycles. The molecular weight excluding hydrogens is 278 g/mol. The van der Waals surface area contributed by atoms with E-state index in [9.17, 15) is 4.79 Å². The second kappa shape index (κ2) is 7.38. The number of halogens is 1. The van der Waals surface area contributed by atoms with Crippen molar-refractivity contribution in [1.82, 2.24) is 5.43 Å². The molecule has 0 unspecified atom stereocenters. The average Bonchev–Trinajstić information content (AvgIpc) is 2.46. The van der Waals surface area contributed by atoms with Gasteiger partial charge in [0.1, 0.15) is 13.1 Å². The molecule has 5 nitrogen and oxygen atoms in total. The average molecular weight is 297 g/mol. The smallest absolute Gasteiger partial charge is 0.295 e. The number of hydrogen-bond acceptors (Lipinski definition) is 3. The van der Waals surface area contributed by atoms with E-state index < -0.39 is 0 Å². The van der Waals surface area contributed by atoms with E-state index in [-0.39, 0.29) is 5.91 Å². The molecule has 0 atom stereocenters. The highest BCUT2D eigenvalue weighted by molar-refractivity contribution is 6.30. The predicted octanol–water partition coefficient (Wildman–Crippen LogP) is 0.0953. The maximum absolute atomic E-state index is 11.8. The van der Waals surface area contributed by atoms with Crippen molar-refractivity contribution in [2.24, 2.45) is 5.10 Å². The first-order chi connectivity index (χ1) is 9.65. The number of benzene rings is 1. The van der Waals surface area contributed by atoms with Crippen LogP contribution in [0.25, 0.3) is 0 Å². The SMILES string of the molecule is C/C(=N/NC(=O)C[NH+]1CCOCC1)c1ccc(Cl)cc1. The zero-order valence-electron chi connectivity index (χ0n) is 11.5. The number of nitrogens with zero attached hydrogens (tertiary/aromatic N) is 1. The van der Waals surface area contributed by atoms with Gasteiger partial charge in [0.25, 0.3) is 5.91 Å². The van der Waals surface area contributed by atoms with Crippen LogP contribution < -0.4 is 10.3 Å². The number of hydrazone groups is 1. The van der Waals surface area contributed by atoms with Crippen molar-refractivity contribution in [3.63, 3.8) is 0 Å². The van der Waals surface area contributed by atoms with Gasteiger partial charge in [-0.2, -0.15) is 5.10 Å². The van der Waals surface area contributed by atoms with Gasteiger partial charge in [-0.1, -0.05) is 23.7 Å². The molecule has 1 amide bonds. The van der Waals surface area contributed by atoms with Gasteiger partial charge in [-0.25, -0.2) is 5.43 Å². The zero-order chi connectivity index (χ0) is 14.4. The molecule has 20 heavy (non-hydrogen) atoms. The summed E-state index contributed by atoms with van der Waals surface area (Å²) in [7, 11) is 0. The van der Waals surface area contributed by atoms with Crippen molar-refractivity contribution in [2.75, 3.05) is 32.8 Å². The van der Waals surface area contributed by atoms with Crippen LogP contribution >= 0.6 is 11.6 Å². The molecule has 0 saturated carbocycles. The first kappa shape index (κ1) is 15.0. The summed E-state index contributed by atoms with van der Waals surface area (Å²) in [6.45, 7) is 5.46. The number of rotatable bonds is 4. The minimum absolute atomic E-state index is 0.0739. The maximum atomic E-state index is 11.8. The van der Waals surface area contributed by atoms with Gasteiger partial charge in [0.05, 0.1) is 18.9 Å². The lowest BCUT2D eigenvalue weighted by molar-refractivity contribution is -0.900. The van der Waals surface area contributed by atoms with Gasteiger partial charge < -0.3 is 9.64 Å². The molecule has 0 aromatic heterocycles. The topological polar surface area (TPSA) is 55.1 Å². The Balaban J connectivity index is 1.84. The lowest BCUT2D eigenvalue weighted by atomic mass is 10.1. The van der Waals surface area contributed by atoms with Gasteiger partial charge in [-0.15, -0.1) is 0 Å². The number of carbonyl (C=O) groups is 1. The van der Waals surface area contributed by atoms with E-state index in [1.807, 2.05) is 19.1 Å². The van der Waals surface area contributed by atoms with E-state index >= 15 is 0 Å². The Kier molecular flexibility index (Phi) is 5.52. The molecule has 0 aliphatic carbocycles. The van der Waals surface area contributed by atoms with Gasteiger partial charge in [0, 0.05) is 5.02 Å². The fourth-order valence-electron chi connectivity index (χ4n) is 2.01. The van der Waals surface area contributed by atoms with E-state index in [1.165, 1.54) is 4.90 Å². The minimum atomic E-state index is -0.0739. The number of amides is 1. The summed E-state index contributed by atoms with van der Waals surface area (Å²) in [5, 5.41) is 4.80. The second-order valence-electron chi connectivity index (χ2n) is 4.78. The molecule has 0 bridgehead atoms. The van der Waals surface area contributed by atoms with E-state index in [1.54, 1.807) is 12.1 Å². The summed E-state index contributed by atoms with van der Waals surface area (Å²) in [6, 6.07) is 7.35. The highest BCUT2D eigenvalue weighted by Crippen LogP contribution is 2.09. The summed E-state index contributed by atoms with van der Waals surface area (Å²) >= 11 is 5.83. The number of carbonyl (C=O) groups excluding carboxylic acids is 1. The molecule has 0 spiro atoms. The quantitative estimate of drug-likeness (QED) is 0.611. The molecule has 2 rings (SSSR count). The number of hydrogen-bond donors (Lipinski definition) is 2. The molecule has 1 aliphatic rings. The van der Waals surface area contributed by atoms with Crippen molar-refractivity contribution in [1.29, 1.82) is 0 Å². The zero-order valence-corrected chi connectivity index (χ0v) is 12.2. The third-order valence-corrected chi connectivity index (χ3v) is 3.47. The fourth-order valence-corrected chi connectivity index (χ4v) is 2.13. The van der Waals surface area contributed by atoms with Gasteiger partial charge in [-0.3, -0.25) is 4.79 Å². The predicted molar refractivity (Wildman–Crippen MR) is 78.2 cm³/mol. The van der Waals surface area contributed by atoms with Gasteiger partial charge in [0.15, 0.2) is 6.54 Å². The summed E-state index contributed by atoms with van der Waals surface area (Å²) < 4.78 is 5.26. The Morgan fingerprint density at radius 1 is 1.35 bits per heavy atom. The Labute approximate surface area is 123 Å². The number of quaternary nitrogens is 1. The number of nitrogens with one attached hydrogen (secondary N) is 2. The fraction of sp³-hybridized carbons (Fsp3) is 0.429. The van der Waals surface area contributed by atoms with E-state index in [2.05, 4.69) is 10.5 Å². The Hall–Kier alpha value is -1.43. The normalized spacial score (nSPS) is 17.0. The summed E-state index contributed by atoms with van der Waals surface area (Å²) in [4.78, 5) is 13.0. The van der Waals surface area contributed by atoms with Gasteiger partial charge in [-0.05, 0) is 24.6 Å². The van der Waals surface area contributed by atoms with Crippen LogP contribution in [0.2, 0.25) is 5.02 Å². The lowest BCUT2D eigenvalue weighted by Crippen LogP contribution is -3.15. The number of morpholine rings is 1. The number of ether oxygens (including phenoxy) is 1. The van der Waals surface area contributed by atoms with E-state index in [0.29, 0.717) is 11.6 Å². The van der Waals surface area contributed by atoms with Crippen LogP contribution in [0, 0.1) is 0 Å². The van der Waals surface area contributed by atoms with Gasteiger partial charge >= 0.3 is 0 Å². The Morgan fingerprint density at radius 2 is 2.00 bits per heavy atom. The van der Waals surface area contributed by atoms with Crippen molar-refractivity contribution in [2.45, 2.75) is 6.92 Å². The van der Waals surface area contributed by atoms with Crippen LogP contribution in [-0.2, 0) is 9.53 Å². The Bertz CT molecular complexity index is 482. The molecule has 1 aromatic rings. The summed E-state index contributed by atoms with van der Waals surface area (Å²) in [6.07, 6.45) is 0. The molecule has 1 heterocycles. The van der Waals surface area contributed by atoms with Crippen LogP contribution in [0.3, 0.4) is 0 Å². The highest BCUT2D eigenvalue weighted by Gasteiger charge is 2.17. The Morgan fingerprint density at radius 3 is 2.65 bits per heavy atom. The van der Waals surface area contributed by atoms with E-state index in [4.69, 9.17) is 16.3 Å². The van der Waals surface area contributed by atoms with Crippen molar-refractivity contribution >= 4 is 23.2 Å². The minimum Gasteiger partial charge on any atom is -0.370 e. The highest BCUT2D eigenvalue weighted by atomic mass is 35.5. The van der Waals surface area contributed by atoms with E-state index in [0.717, 1.165) is 37.6 Å². The molecule has 6 heteroatoms. The molecule has 1 saturated heterocycles. The first-order valence-corrected chi connectivity index (χ1v) is 7.03. The maximum Gasteiger partial charge on any atom is 0.295 e. The van der Waals surface area contributed by atoms with Crippen LogP contribution in [0.4, 0.5) is 0 Å². The molecule has 1 fully saturated rings. The molecule has 108 valence electrons. The van der Waals surface area contributed by atoms with Crippen molar-refractivity contribution < 1.29 is 14.4 Å². The third-order valence-electron chi connectivity index (χ3n) is 3.22. The monoisotopic (exact) mass is 296 g/mol. The van der Waals surface area contributed by atoms with Crippen LogP contribution in [-0.4, -0.2) is 44.5 Å².